The number of piperidine rings is 1. The van der Waals surface area contributed by atoms with Gasteiger partial charge < -0.3 is 4.90 Å². The maximum atomic E-state index is 11.3. The highest BCUT2D eigenvalue weighted by Gasteiger charge is 2.29. The lowest BCUT2D eigenvalue weighted by Gasteiger charge is -2.37. The molecule has 0 N–H and O–H groups in total. The zero-order valence-electron chi connectivity index (χ0n) is 8.20. The van der Waals surface area contributed by atoms with Crippen molar-refractivity contribution in [2.24, 2.45) is 5.92 Å². The van der Waals surface area contributed by atoms with Crippen LogP contribution in [0.2, 0.25) is 0 Å². The summed E-state index contributed by atoms with van der Waals surface area (Å²) in [6, 6.07) is 0.520. The lowest BCUT2D eigenvalue weighted by molar-refractivity contribution is -0.132. The van der Waals surface area contributed by atoms with Crippen LogP contribution in [0.4, 0.5) is 0 Å². The largest absolute Gasteiger partial charge is 0.340 e. The van der Waals surface area contributed by atoms with Gasteiger partial charge in [-0.2, -0.15) is 0 Å². The number of carbonyl (C=O) groups is 1. The molecule has 2 atom stereocenters. The van der Waals surface area contributed by atoms with Gasteiger partial charge in [0.15, 0.2) is 0 Å². The standard InChI is InChI=1S/C11H17NO/c1-9(13)12-7-6-10-4-2-3-5-11(12)8-10/h2,4,10-11H,3,5-8H2,1H3. The van der Waals surface area contributed by atoms with Gasteiger partial charge in [0.1, 0.15) is 0 Å². The molecule has 0 aromatic rings. The van der Waals surface area contributed by atoms with E-state index in [1.54, 1.807) is 6.92 Å². The van der Waals surface area contributed by atoms with Crippen LogP contribution in [0.3, 0.4) is 0 Å². The summed E-state index contributed by atoms with van der Waals surface area (Å²) < 4.78 is 0. The fourth-order valence-corrected chi connectivity index (χ4v) is 2.52. The summed E-state index contributed by atoms with van der Waals surface area (Å²) in [4.78, 5) is 13.4. The summed E-state index contributed by atoms with van der Waals surface area (Å²) in [6.07, 6.45) is 9.28. The van der Waals surface area contributed by atoms with Crippen LogP contribution in [0, 0.1) is 5.92 Å². The minimum absolute atomic E-state index is 0.255. The molecule has 0 spiro atoms. The molecule has 2 rings (SSSR count). The van der Waals surface area contributed by atoms with Crippen molar-refractivity contribution in [2.75, 3.05) is 6.54 Å². The Morgan fingerprint density at radius 1 is 1.46 bits per heavy atom. The van der Waals surface area contributed by atoms with Gasteiger partial charge in [0.25, 0.3) is 0 Å². The van der Waals surface area contributed by atoms with Gasteiger partial charge in [0.05, 0.1) is 0 Å². The Labute approximate surface area is 79.6 Å². The van der Waals surface area contributed by atoms with Crippen molar-refractivity contribution >= 4 is 5.91 Å². The van der Waals surface area contributed by atoms with Crippen molar-refractivity contribution in [1.29, 1.82) is 0 Å². The van der Waals surface area contributed by atoms with Gasteiger partial charge in [0, 0.05) is 19.5 Å². The van der Waals surface area contributed by atoms with E-state index >= 15 is 0 Å². The number of rotatable bonds is 0. The van der Waals surface area contributed by atoms with Gasteiger partial charge in [-0.3, -0.25) is 4.79 Å². The molecule has 1 heterocycles. The first-order chi connectivity index (χ1) is 6.27. The monoisotopic (exact) mass is 179 g/mol. The molecule has 0 aromatic carbocycles. The summed E-state index contributed by atoms with van der Waals surface area (Å²) in [7, 11) is 0. The molecular formula is C11H17NO. The molecule has 0 radical (unpaired) electrons. The molecule has 1 aliphatic carbocycles. The normalized spacial score (nSPS) is 32.8. The number of hydrogen-bond acceptors (Lipinski definition) is 1. The summed E-state index contributed by atoms with van der Waals surface area (Å²) >= 11 is 0. The number of hydrogen-bond donors (Lipinski definition) is 0. The number of fused-ring (bicyclic) bond motifs is 2. The van der Waals surface area contributed by atoms with E-state index in [1.165, 1.54) is 6.42 Å². The second-order valence-electron chi connectivity index (χ2n) is 4.16. The van der Waals surface area contributed by atoms with Gasteiger partial charge in [0.2, 0.25) is 5.91 Å². The average molecular weight is 179 g/mol. The quantitative estimate of drug-likeness (QED) is 0.520. The van der Waals surface area contributed by atoms with Crippen LogP contribution in [0.25, 0.3) is 0 Å². The van der Waals surface area contributed by atoms with Crippen molar-refractivity contribution < 1.29 is 4.79 Å². The van der Waals surface area contributed by atoms with Gasteiger partial charge in [-0.1, -0.05) is 12.2 Å². The lowest BCUT2D eigenvalue weighted by atomic mass is 9.91. The molecule has 72 valence electrons. The molecule has 1 amide bonds. The fraction of sp³-hybridized carbons (Fsp3) is 0.727. The molecule has 1 fully saturated rings. The van der Waals surface area contributed by atoms with Crippen LogP contribution < -0.4 is 0 Å². The third-order valence-corrected chi connectivity index (χ3v) is 3.24. The van der Waals surface area contributed by atoms with E-state index in [0.717, 1.165) is 31.7 Å². The van der Waals surface area contributed by atoms with Crippen LogP contribution >= 0.6 is 0 Å². The Kier molecular flexibility index (Phi) is 2.38. The van der Waals surface area contributed by atoms with E-state index in [4.69, 9.17) is 0 Å². The van der Waals surface area contributed by atoms with Crippen molar-refractivity contribution in [2.45, 2.75) is 38.6 Å². The highest BCUT2D eigenvalue weighted by molar-refractivity contribution is 5.73. The second kappa shape index (κ2) is 3.52. The molecule has 13 heavy (non-hydrogen) atoms. The maximum absolute atomic E-state index is 11.3. The first-order valence-corrected chi connectivity index (χ1v) is 5.21. The molecule has 1 saturated heterocycles. The van der Waals surface area contributed by atoms with E-state index in [0.29, 0.717) is 6.04 Å². The van der Waals surface area contributed by atoms with E-state index < -0.39 is 0 Å². The summed E-state index contributed by atoms with van der Waals surface area (Å²) in [5.74, 6) is 0.994. The predicted molar refractivity (Wildman–Crippen MR) is 52.3 cm³/mol. The Bertz CT molecular complexity index is 234. The minimum Gasteiger partial charge on any atom is -0.340 e. The summed E-state index contributed by atoms with van der Waals surface area (Å²) in [5, 5.41) is 0. The SMILES string of the molecule is CC(=O)N1CCC2C=CCCC1C2. The third kappa shape index (κ3) is 1.77. The van der Waals surface area contributed by atoms with Gasteiger partial charge >= 0.3 is 0 Å². The topological polar surface area (TPSA) is 20.3 Å². The zero-order chi connectivity index (χ0) is 9.26. The van der Waals surface area contributed by atoms with Crippen LogP contribution in [0.5, 0.6) is 0 Å². The van der Waals surface area contributed by atoms with Crippen molar-refractivity contribution in [3.05, 3.63) is 12.2 Å². The fourth-order valence-electron chi connectivity index (χ4n) is 2.52. The first kappa shape index (κ1) is 8.79. The Balaban J connectivity index is 2.09. The average Bonchev–Trinajstić information content (AvgIpc) is 2.28. The molecule has 0 saturated carbocycles. The summed E-state index contributed by atoms with van der Waals surface area (Å²) in [5.41, 5.74) is 0. The van der Waals surface area contributed by atoms with Crippen LogP contribution in [-0.2, 0) is 4.79 Å². The third-order valence-electron chi connectivity index (χ3n) is 3.24. The zero-order valence-corrected chi connectivity index (χ0v) is 8.20. The molecule has 2 unspecified atom stereocenters. The number of carbonyl (C=O) groups excluding carboxylic acids is 1. The van der Waals surface area contributed by atoms with Crippen molar-refractivity contribution in [1.82, 2.24) is 4.90 Å². The Morgan fingerprint density at radius 3 is 3.08 bits per heavy atom. The molecule has 1 aliphatic heterocycles. The van der Waals surface area contributed by atoms with Gasteiger partial charge in [-0.15, -0.1) is 0 Å². The van der Waals surface area contributed by atoms with Crippen LogP contribution in [0.1, 0.15) is 32.6 Å². The molecule has 2 nitrogen and oxygen atoms in total. The minimum atomic E-state index is 0.255. The van der Waals surface area contributed by atoms with Gasteiger partial charge in [-0.05, 0) is 31.6 Å². The Morgan fingerprint density at radius 2 is 2.31 bits per heavy atom. The molecule has 2 aliphatic rings. The smallest absolute Gasteiger partial charge is 0.219 e. The number of amides is 1. The van der Waals surface area contributed by atoms with E-state index in [2.05, 4.69) is 17.1 Å². The van der Waals surface area contributed by atoms with Crippen LogP contribution in [0.15, 0.2) is 12.2 Å². The number of nitrogens with zero attached hydrogens (tertiary/aromatic N) is 1. The lowest BCUT2D eigenvalue weighted by Crippen LogP contribution is -2.44. The molecular weight excluding hydrogens is 162 g/mol. The maximum Gasteiger partial charge on any atom is 0.219 e. The van der Waals surface area contributed by atoms with E-state index in [-0.39, 0.29) is 5.91 Å². The predicted octanol–water partition coefficient (Wildman–Crippen LogP) is 1.96. The Hall–Kier alpha value is -0.790. The van der Waals surface area contributed by atoms with Crippen molar-refractivity contribution in [3.63, 3.8) is 0 Å². The van der Waals surface area contributed by atoms with E-state index in [1.807, 2.05) is 0 Å². The highest BCUT2D eigenvalue weighted by atomic mass is 16.2. The van der Waals surface area contributed by atoms with Gasteiger partial charge in [-0.25, -0.2) is 0 Å². The first-order valence-electron chi connectivity index (χ1n) is 5.21. The van der Waals surface area contributed by atoms with Crippen molar-refractivity contribution in [3.8, 4) is 0 Å². The van der Waals surface area contributed by atoms with Crippen LogP contribution in [-0.4, -0.2) is 23.4 Å². The number of allylic oxidation sites excluding steroid dienone is 2. The molecule has 0 aromatic heterocycles. The number of likely N-dealkylation sites (tertiary alicyclic amines) is 1. The summed E-state index contributed by atoms with van der Waals surface area (Å²) in [6.45, 7) is 2.66. The van der Waals surface area contributed by atoms with E-state index in [9.17, 15) is 4.79 Å². The molecule has 2 bridgehead atoms. The second-order valence-corrected chi connectivity index (χ2v) is 4.16. The highest BCUT2D eigenvalue weighted by Crippen LogP contribution is 2.29. The molecule has 2 heteroatoms.